The lowest BCUT2D eigenvalue weighted by molar-refractivity contribution is 0.199. The zero-order chi connectivity index (χ0) is 13.4. The second-order valence-corrected chi connectivity index (χ2v) is 6.75. The van der Waals surface area contributed by atoms with Gasteiger partial charge in [0, 0.05) is 36.9 Å². The Kier molecular flexibility index (Phi) is 3.66. The fourth-order valence-corrected chi connectivity index (χ4v) is 3.80. The lowest BCUT2D eigenvalue weighted by Crippen LogP contribution is -2.37. The first-order valence-corrected chi connectivity index (χ1v) is 7.94. The zero-order valence-electron chi connectivity index (χ0n) is 12.6. The third-order valence-corrected chi connectivity index (χ3v) is 4.91. The van der Waals surface area contributed by atoms with Crippen molar-refractivity contribution in [1.82, 2.24) is 14.5 Å². The predicted octanol–water partition coefficient (Wildman–Crippen LogP) is 2.88. The highest BCUT2D eigenvalue weighted by Crippen LogP contribution is 2.26. The normalized spacial score (nSPS) is 28.0. The molecule has 0 bridgehead atoms. The maximum atomic E-state index is 4.73. The third-order valence-electron chi connectivity index (χ3n) is 4.91. The van der Waals surface area contributed by atoms with Crippen LogP contribution in [0.2, 0.25) is 0 Å². The average Bonchev–Trinajstić information content (AvgIpc) is 2.97. The van der Waals surface area contributed by atoms with Gasteiger partial charge >= 0.3 is 0 Å². The molecule has 0 amide bonds. The van der Waals surface area contributed by atoms with Crippen molar-refractivity contribution in [3.05, 3.63) is 17.7 Å². The molecule has 1 saturated heterocycles. The van der Waals surface area contributed by atoms with E-state index in [2.05, 4.69) is 36.4 Å². The highest BCUT2D eigenvalue weighted by Gasteiger charge is 2.29. The lowest BCUT2D eigenvalue weighted by atomic mass is 10.00. The quantitative estimate of drug-likeness (QED) is 0.834. The van der Waals surface area contributed by atoms with Crippen LogP contribution < -0.4 is 0 Å². The van der Waals surface area contributed by atoms with E-state index < -0.39 is 0 Å². The van der Waals surface area contributed by atoms with Gasteiger partial charge in [0.2, 0.25) is 0 Å². The maximum absolute atomic E-state index is 4.73. The van der Waals surface area contributed by atoms with Gasteiger partial charge in [-0.3, -0.25) is 4.90 Å². The standard InChI is InChI=1S/C16H27N3/c1-12(2)18-8-4-5-14(18)9-16-17-10-15-7-6-13(3)11-19(15)16/h10,12-14H,4-9,11H2,1-3H3. The molecule has 106 valence electrons. The van der Waals surface area contributed by atoms with Crippen molar-refractivity contribution in [1.29, 1.82) is 0 Å². The molecule has 1 fully saturated rings. The molecule has 19 heavy (non-hydrogen) atoms. The van der Waals surface area contributed by atoms with Gasteiger partial charge in [0.05, 0.1) is 0 Å². The number of hydrogen-bond donors (Lipinski definition) is 0. The number of nitrogens with zero attached hydrogens (tertiary/aromatic N) is 3. The molecule has 2 unspecified atom stereocenters. The summed E-state index contributed by atoms with van der Waals surface area (Å²) in [7, 11) is 0. The number of rotatable bonds is 3. The number of likely N-dealkylation sites (tertiary alicyclic amines) is 1. The van der Waals surface area contributed by atoms with Crippen LogP contribution in [0, 0.1) is 5.92 Å². The molecule has 0 saturated carbocycles. The first kappa shape index (κ1) is 13.2. The van der Waals surface area contributed by atoms with Crippen molar-refractivity contribution < 1.29 is 0 Å². The Morgan fingerprint density at radius 3 is 3.00 bits per heavy atom. The Labute approximate surface area is 117 Å². The van der Waals surface area contributed by atoms with E-state index in [0.29, 0.717) is 12.1 Å². The fourth-order valence-electron chi connectivity index (χ4n) is 3.80. The summed E-state index contributed by atoms with van der Waals surface area (Å²) in [6, 6.07) is 1.38. The van der Waals surface area contributed by atoms with Crippen molar-refractivity contribution in [3.63, 3.8) is 0 Å². The second-order valence-electron chi connectivity index (χ2n) is 6.75. The smallest absolute Gasteiger partial charge is 0.110 e. The molecule has 0 spiro atoms. The SMILES string of the molecule is CC1CCc2cnc(CC3CCCN3C(C)C)n2C1. The minimum absolute atomic E-state index is 0.669. The first-order chi connectivity index (χ1) is 9.15. The third kappa shape index (κ3) is 2.58. The summed E-state index contributed by atoms with van der Waals surface area (Å²) in [6.07, 6.45) is 8.50. The molecule has 1 aromatic rings. The summed E-state index contributed by atoms with van der Waals surface area (Å²) in [5, 5.41) is 0. The number of aromatic nitrogens is 2. The second kappa shape index (κ2) is 5.28. The first-order valence-electron chi connectivity index (χ1n) is 7.94. The minimum atomic E-state index is 0.669. The molecule has 2 aliphatic rings. The van der Waals surface area contributed by atoms with Crippen LogP contribution >= 0.6 is 0 Å². The molecule has 3 heteroatoms. The van der Waals surface area contributed by atoms with Crippen molar-refractivity contribution >= 4 is 0 Å². The molecule has 3 rings (SSSR count). The molecule has 1 aromatic heterocycles. The van der Waals surface area contributed by atoms with Crippen LogP contribution in [0.5, 0.6) is 0 Å². The van der Waals surface area contributed by atoms with Crippen LogP contribution in [0.15, 0.2) is 6.20 Å². The Balaban J connectivity index is 1.75. The van der Waals surface area contributed by atoms with Crippen molar-refractivity contribution in [2.75, 3.05) is 6.54 Å². The van der Waals surface area contributed by atoms with Gasteiger partial charge in [0.15, 0.2) is 0 Å². The highest BCUT2D eigenvalue weighted by atomic mass is 15.2. The van der Waals surface area contributed by atoms with Gasteiger partial charge in [-0.15, -0.1) is 0 Å². The molecule has 3 heterocycles. The Morgan fingerprint density at radius 2 is 2.21 bits per heavy atom. The topological polar surface area (TPSA) is 21.1 Å². The van der Waals surface area contributed by atoms with Crippen LogP contribution in [-0.4, -0.2) is 33.1 Å². The largest absolute Gasteiger partial charge is 0.332 e. The fraction of sp³-hybridized carbons (Fsp3) is 0.812. The van der Waals surface area contributed by atoms with Gasteiger partial charge in [0.1, 0.15) is 5.82 Å². The molecule has 2 atom stereocenters. The lowest BCUT2D eigenvalue weighted by Gasteiger charge is -2.29. The number of fused-ring (bicyclic) bond motifs is 1. The molecule has 3 nitrogen and oxygen atoms in total. The van der Waals surface area contributed by atoms with E-state index in [1.165, 1.54) is 50.3 Å². The minimum Gasteiger partial charge on any atom is -0.332 e. The van der Waals surface area contributed by atoms with E-state index in [0.717, 1.165) is 12.3 Å². The van der Waals surface area contributed by atoms with Crippen LogP contribution in [0.4, 0.5) is 0 Å². The zero-order valence-corrected chi connectivity index (χ0v) is 12.6. The number of aryl methyl sites for hydroxylation is 1. The number of imidazole rings is 1. The van der Waals surface area contributed by atoms with Gasteiger partial charge in [-0.1, -0.05) is 6.92 Å². The molecular formula is C16H27N3. The average molecular weight is 261 g/mol. The molecule has 2 aliphatic heterocycles. The predicted molar refractivity (Wildman–Crippen MR) is 78.3 cm³/mol. The van der Waals surface area contributed by atoms with E-state index in [4.69, 9.17) is 4.98 Å². The maximum Gasteiger partial charge on any atom is 0.110 e. The highest BCUT2D eigenvalue weighted by molar-refractivity contribution is 5.10. The van der Waals surface area contributed by atoms with Crippen LogP contribution in [0.1, 0.15) is 51.6 Å². The summed E-state index contributed by atoms with van der Waals surface area (Å²) >= 11 is 0. The van der Waals surface area contributed by atoms with Crippen molar-refractivity contribution in [2.24, 2.45) is 5.92 Å². The van der Waals surface area contributed by atoms with Gasteiger partial charge in [-0.05, 0) is 52.0 Å². The van der Waals surface area contributed by atoms with Crippen molar-refractivity contribution in [2.45, 2.75) is 71.5 Å². The Morgan fingerprint density at radius 1 is 1.37 bits per heavy atom. The summed E-state index contributed by atoms with van der Waals surface area (Å²) < 4.78 is 2.50. The molecule has 0 aliphatic carbocycles. The molecule has 0 radical (unpaired) electrons. The summed E-state index contributed by atoms with van der Waals surface area (Å²) in [6.45, 7) is 9.46. The summed E-state index contributed by atoms with van der Waals surface area (Å²) in [5.74, 6) is 2.14. The van der Waals surface area contributed by atoms with E-state index >= 15 is 0 Å². The molecule has 0 N–H and O–H groups in total. The van der Waals surface area contributed by atoms with Gasteiger partial charge < -0.3 is 4.57 Å². The summed E-state index contributed by atoms with van der Waals surface area (Å²) in [5.41, 5.74) is 1.46. The Hall–Kier alpha value is -0.830. The van der Waals surface area contributed by atoms with E-state index in [-0.39, 0.29) is 0 Å². The van der Waals surface area contributed by atoms with E-state index in [9.17, 15) is 0 Å². The Bertz CT molecular complexity index is 435. The van der Waals surface area contributed by atoms with Gasteiger partial charge in [-0.2, -0.15) is 0 Å². The van der Waals surface area contributed by atoms with Crippen molar-refractivity contribution in [3.8, 4) is 0 Å². The molecule has 0 aromatic carbocycles. The van der Waals surface area contributed by atoms with E-state index in [1.54, 1.807) is 0 Å². The van der Waals surface area contributed by atoms with Gasteiger partial charge in [-0.25, -0.2) is 4.98 Å². The van der Waals surface area contributed by atoms with Gasteiger partial charge in [0.25, 0.3) is 0 Å². The van der Waals surface area contributed by atoms with E-state index in [1.807, 2.05) is 0 Å². The summed E-state index contributed by atoms with van der Waals surface area (Å²) in [4.78, 5) is 7.39. The molecular weight excluding hydrogens is 234 g/mol. The van der Waals surface area contributed by atoms with Crippen LogP contribution in [0.3, 0.4) is 0 Å². The van der Waals surface area contributed by atoms with Crippen LogP contribution in [0.25, 0.3) is 0 Å². The van der Waals surface area contributed by atoms with Crippen LogP contribution in [-0.2, 0) is 19.4 Å². The number of hydrogen-bond acceptors (Lipinski definition) is 2. The monoisotopic (exact) mass is 261 g/mol.